The van der Waals surface area contributed by atoms with Crippen LogP contribution in [-0.2, 0) is 0 Å². The summed E-state index contributed by atoms with van der Waals surface area (Å²) < 4.78 is 2.86. The number of benzene rings is 1. The van der Waals surface area contributed by atoms with Crippen molar-refractivity contribution in [3.05, 3.63) is 51.2 Å². The zero-order valence-corrected chi connectivity index (χ0v) is 13.1. The van der Waals surface area contributed by atoms with Crippen molar-refractivity contribution in [3.63, 3.8) is 0 Å². The first-order valence-electron chi connectivity index (χ1n) is 5.99. The fourth-order valence-electron chi connectivity index (χ4n) is 2.06. The van der Waals surface area contributed by atoms with Gasteiger partial charge in [0.15, 0.2) is 0 Å². The summed E-state index contributed by atoms with van der Waals surface area (Å²) in [6.45, 7) is 4.11. The van der Waals surface area contributed by atoms with Crippen molar-refractivity contribution in [2.45, 2.75) is 25.9 Å². The number of aromatic nitrogens is 2. The van der Waals surface area contributed by atoms with Crippen LogP contribution in [0.25, 0.3) is 0 Å². The molecule has 3 N–H and O–H groups in total. The van der Waals surface area contributed by atoms with E-state index in [9.17, 15) is 0 Å². The van der Waals surface area contributed by atoms with Crippen LogP contribution in [0.15, 0.2) is 34.9 Å². The van der Waals surface area contributed by atoms with Crippen molar-refractivity contribution in [1.29, 1.82) is 0 Å². The van der Waals surface area contributed by atoms with Crippen LogP contribution in [0.4, 0.5) is 0 Å². The van der Waals surface area contributed by atoms with E-state index in [4.69, 9.17) is 17.4 Å². The Kier molecular flexibility index (Phi) is 4.62. The van der Waals surface area contributed by atoms with E-state index >= 15 is 0 Å². The Labute approximate surface area is 126 Å². The number of rotatable bonds is 4. The average Bonchev–Trinajstić information content (AvgIpc) is 2.75. The van der Waals surface area contributed by atoms with Crippen LogP contribution >= 0.6 is 27.5 Å². The van der Waals surface area contributed by atoms with E-state index in [1.54, 1.807) is 6.20 Å². The summed E-state index contributed by atoms with van der Waals surface area (Å²) >= 11 is 9.81. The lowest BCUT2D eigenvalue weighted by Crippen LogP contribution is -2.31. The van der Waals surface area contributed by atoms with Gasteiger partial charge in [-0.3, -0.25) is 10.5 Å². The van der Waals surface area contributed by atoms with E-state index in [0.717, 1.165) is 15.7 Å². The molecule has 1 aromatic carbocycles. The lowest BCUT2D eigenvalue weighted by Gasteiger charge is -2.21. The standard InChI is InChI=1S/C13H16BrClN4/c1-8(2)19-13(11(15)7-17-19)12(18-16)9-5-3-4-6-10(9)14/h3-8,12,18H,16H2,1-2H3. The molecule has 0 fully saturated rings. The monoisotopic (exact) mass is 342 g/mol. The van der Waals surface area contributed by atoms with Gasteiger partial charge in [-0.15, -0.1) is 0 Å². The van der Waals surface area contributed by atoms with Gasteiger partial charge in [-0.2, -0.15) is 5.10 Å². The molecule has 2 rings (SSSR count). The van der Waals surface area contributed by atoms with Crippen LogP contribution in [0.3, 0.4) is 0 Å². The predicted molar refractivity (Wildman–Crippen MR) is 80.9 cm³/mol. The molecule has 0 saturated heterocycles. The fourth-order valence-corrected chi connectivity index (χ4v) is 2.81. The average molecular weight is 344 g/mol. The van der Waals surface area contributed by atoms with Crippen LogP contribution < -0.4 is 11.3 Å². The molecule has 102 valence electrons. The molecule has 19 heavy (non-hydrogen) atoms. The minimum absolute atomic E-state index is 0.209. The zero-order chi connectivity index (χ0) is 14.0. The molecule has 0 aliphatic heterocycles. The van der Waals surface area contributed by atoms with Crippen molar-refractivity contribution in [2.24, 2.45) is 5.84 Å². The van der Waals surface area contributed by atoms with Gasteiger partial charge in [0.2, 0.25) is 0 Å². The van der Waals surface area contributed by atoms with Crippen LogP contribution in [0.2, 0.25) is 5.02 Å². The van der Waals surface area contributed by atoms with Crippen LogP contribution in [0, 0.1) is 0 Å². The molecule has 6 heteroatoms. The summed E-state index contributed by atoms with van der Waals surface area (Å²) in [5.74, 6) is 5.73. The largest absolute Gasteiger partial charge is 0.271 e. The maximum Gasteiger partial charge on any atom is 0.0904 e. The summed E-state index contributed by atoms with van der Waals surface area (Å²) in [7, 11) is 0. The lowest BCUT2D eigenvalue weighted by molar-refractivity contribution is 0.476. The molecule has 1 unspecified atom stereocenters. The van der Waals surface area contributed by atoms with Crippen LogP contribution in [0.5, 0.6) is 0 Å². The SMILES string of the molecule is CC(C)n1ncc(Cl)c1C(NN)c1ccccc1Br. The molecule has 0 aliphatic rings. The summed E-state index contributed by atoms with van der Waals surface area (Å²) in [5, 5.41) is 4.92. The number of hydrazine groups is 1. The predicted octanol–water partition coefficient (Wildman–Crippen LogP) is 3.43. The molecule has 2 aromatic rings. The summed E-state index contributed by atoms with van der Waals surface area (Å²) in [5.41, 5.74) is 4.71. The Balaban J connectivity index is 2.55. The summed E-state index contributed by atoms with van der Waals surface area (Å²) in [6, 6.07) is 7.90. The molecule has 1 aromatic heterocycles. The Morgan fingerprint density at radius 1 is 1.37 bits per heavy atom. The van der Waals surface area contributed by atoms with Crippen molar-refractivity contribution in [2.75, 3.05) is 0 Å². The molecule has 0 saturated carbocycles. The fraction of sp³-hybridized carbons (Fsp3) is 0.308. The third kappa shape index (κ3) is 2.84. The number of nitrogens with zero attached hydrogens (tertiary/aromatic N) is 2. The topological polar surface area (TPSA) is 55.9 Å². The molecule has 4 nitrogen and oxygen atoms in total. The normalized spacial score (nSPS) is 12.9. The highest BCUT2D eigenvalue weighted by Crippen LogP contribution is 2.33. The quantitative estimate of drug-likeness (QED) is 0.660. The highest BCUT2D eigenvalue weighted by atomic mass is 79.9. The third-order valence-electron chi connectivity index (χ3n) is 2.93. The van der Waals surface area contributed by atoms with E-state index in [2.05, 4.69) is 40.3 Å². The van der Waals surface area contributed by atoms with Gasteiger partial charge < -0.3 is 0 Å². The molecule has 1 atom stereocenters. The van der Waals surface area contributed by atoms with Crippen molar-refractivity contribution in [1.82, 2.24) is 15.2 Å². The number of halogens is 2. The smallest absolute Gasteiger partial charge is 0.0904 e. The number of nitrogens with one attached hydrogen (secondary N) is 1. The lowest BCUT2D eigenvalue weighted by atomic mass is 10.0. The maximum absolute atomic E-state index is 6.27. The van der Waals surface area contributed by atoms with Crippen LogP contribution in [0.1, 0.15) is 37.2 Å². The Morgan fingerprint density at radius 2 is 2.05 bits per heavy atom. The van der Waals surface area contributed by atoms with Gasteiger partial charge in [-0.05, 0) is 25.5 Å². The Hall–Kier alpha value is -0.880. The van der Waals surface area contributed by atoms with E-state index in [0.29, 0.717) is 5.02 Å². The Morgan fingerprint density at radius 3 is 2.63 bits per heavy atom. The number of hydrogen-bond acceptors (Lipinski definition) is 3. The molecule has 0 spiro atoms. The van der Waals surface area contributed by atoms with Crippen molar-refractivity contribution in [3.8, 4) is 0 Å². The minimum Gasteiger partial charge on any atom is -0.271 e. The van der Waals surface area contributed by atoms with E-state index < -0.39 is 0 Å². The molecule has 0 radical (unpaired) electrons. The van der Waals surface area contributed by atoms with Crippen molar-refractivity contribution < 1.29 is 0 Å². The Bertz CT molecular complexity index is 568. The minimum atomic E-state index is -0.215. The number of hydrogen-bond donors (Lipinski definition) is 2. The van der Waals surface area contributed by atoms with Gasteiger partial charge >= 0.3 is 0 Å². The number of nitrogens with two attached hydrogens (primary N) is 1. The van der Waals surface area contributed by atoms with Crippen molar-refractivity contribution >= 4 is 27.5 Å². The van der Waals surface area contributed by atoms with E-state index in [1.165, 1.54) is 0 Å². The second-order valence-corrected chi connectivity index (χ2v) is 5.80. The third-order valence-corrected chi connectivity index (χ3v) is 3.95. The van der Waals surface area contributed by atoms with Gasteiger partial charge in [0.25, 0.3) is 0 Å². The first-order valence-corrected chi connectivity index (χ1v) is 7.16. The first-order chi connectivity index (χ1) is 9.06. The highest BCUT2D eigenvalue weighted by molar-refractivity contribution is 9.10. The molecule has 0 bridgehead atoms. The molecule has 0 aliphatic carbocycles. The molecular formula is C13H16BrClN4. The van der Waals surface area contributed by atoms with Crippen LogP contribution in [-0.4, -0.2) is 9.78 Å². The first kappa shape index (κ1) is 14.5. The zero-order valence-electron chi connectivity index (χ0n) is 10.8. The van der Waals surface area contributed by atoms with Gasteiger partial charge in [-0.1, -0.05) is 45.7 Å². The van der Waals surface area contributed by atoms with Gasteiger partial charge in [0.1, 0.15) is 0 Å². The molecule has 1 heterocycles. The van der Waals surface area contributed by atoms with Gasteiger partial charge in [0, 0.05) is 10.5 Å². The van der Waals surface area contributed by atoms with Gasteiger partial charge in [0.05, 0.1) is 23.0 Å². The maximum atomic E-state index is 6.27. The molecule has 0 amide bonds. The summed E-state index contributed by atoms with van der Waals surface area (Å²) in [6.07, 6.45) is 1.65. The second-order valence-electron chi connectivity index (χ2n) is 4.54. The summed E-state index contributed by atoms with van der Waals surface area (Å²) in [4.78, 5) is 0. The van der Waals surface area contributed by atoms with E-state index in [1.807, 2.05) is 28.9 Å². The van der Waals surface area contributed by atoms with Gasteiger partial charge in [-0.25, -0.2) is 5.43 Å². The van der Waals surface area contributed by atoms with E-state index in [-0.39, 0.29) is 12.1 Å². The highest BCUT2D eigenvalue weighted by Gasteiger charge is 2.23. The molecular weight excluding hydrogens is 328 g/mol. The second kappa shape index (κ2) is 6.05.